The van der Waals surface area contributed by atoms with E-state index in [1.54, 1.807) is 0 Å². The van der Waals surface area contributed by atoms with Crippen molar-refractivity contribution in [3.05, 3.63) is 0 Å². The highest BCUT2D eigenvalue weighted by molar-refractivity contribution is 5.79. The molecular weight excluding hydrogens is 228 g/mol. The standard InChI is InChI=1S/C14H24N2O2/c1-16(14(17)12-7-18-8-13(12)15)6-11-5-9-2-3-10(11)4-9/h9-13H,2-8,15H2,1H3. The first-order valence-corrected chi connectivity index (χ1v) is 7.23. The van der Waals surface area contributed by atoms with Crippen LogP contribution in [0.5, 0.6) is 0 Å². The van der Waals surface area contributed by atoms with Gasteiger partial charge >= 0.3 is 0 Å². The smallest absolute Gasteiger partial charge is 0.229 e. The summed E-state index contributed by atoms with van der Waals surface area (Å²) in [5, 5.41) is 0. The summed E-state index contributed by atoms with van der Waals surface area (Å²) in [6, 6.07) is -0.111. The van der Waals surface area contributed by atoms with Crippen LogP contribution in [-0.4, -0.2) is 43.7 Å². The summed E-state index contributed by atoms with van der Waals surface area (Å²) in [5.74, 6) is 2.62. The first-order chi connectivity index (χ1) is 8.65. The molecule has 5 atom stereocenters. The Bertz CT molecular complexity index is 334. The monoisotopic (exact) mass is 252 g/mol. The minimum atomic E-state index is -0.117. The number of rotatable bonds is 3. The Balaban J connectivity index is 1.54. The van der Waals surface area contributed by atoms with E-state index in [9.17, 15) is 4.79 Å². The Morgan fingerprint density at radius 1 is 1.33 bits per heavy atom. The van der Waals surface area contributed by atoms with Gasteiger partial charge in [-0.3, -0.25) is 4.79 Å². The Hall–Kier alpha value is -0.610. The molecule has 1 saturated heterocycles. The normalized spacial score (nSPS) is 42.4. The second-order valence-corrected chi connectivity index (χ2v) is 6.46. The quantitative estimate of drug-likeness (QED) is 0.810. The average Bonchev–Trinajstić information content (AvgIpc) is 3.04. The maximum Gasteiger partial charge on any atom is 0.229 e. The molecule has 4 nitrogen and oxygen atoms in total. The van der Waals surface area contributed by atoms with E-state index in [2.05, 4.69) is 0 Å². The SMILES string of the molecule is CN(CC1CC2CCC1C2)C(=O)C1COCC1N. The van der Waals surface area contributed by atoms with E-state index < -0.39 is 0 Å². The van der Waals surface area contributed by atoms with Crippen molar-refractivity contribution in [1.82, 2.24) is 4.90 Å². The summed E-state index contributed by atoms with van der Waals surface area (Å²) in [6.07, 6.45) is 5.53. The second-order valence-electron chi connectivity index (χ2n) is 6.46. The Kier molecular flexibility index (Phi) is 3.32. The third-order valence-corrected chi connectivity index (χ3v) is 5.21. The highest BCUT2D eigenvalue weighted by atomic mass is 16.5. The molecule has 0 aromatic carbocycles. The zero-order chi connectivity index (χ0) is 12.7. The number of hydrogen-bond acceptors (Lipinski definition) is 3. The second kappa shape index (κ2) is 4.82. The van der Waals surface area contributed by atoms with E-state index >= 15 is 0 Å². The van der Waals surface area contributed by atoms with Crippen LogP contribution in [0.1, 0.15) is 25.7 Å². The first kappa shape index (κ1) is 12.4. The van der Waals surface area contributed by atoms with Gasteiger partial charge < -0.3 is 15.4 Å². The molecule has 2 bridgehead atoms. The van der Waals surface area contributed by atoms with E-state index in [0.29, 0.717) is 13.2 Å². The number of ether oxygens (including phenoxy) is 1. The van der Waals surface area contributed by atoms with Gasteiger partial charge in [0.25, 0.3) is 0 Å². The molecule has 3 rings (SSSR count). The number of carbonyl (C=O) groups is 1. The number of fused-ring (bicyclic) bond motifs is 2. The maximum absolute atomic E-state index is 12.3. The highest BCUT2D eigenvalue weighted by Gasteiger charge is 2.41. The summed E-state index contributed by atoms with van der Waals surface area (Å²) < 4.78 is 5.29. The summed E-state index contributed by atoms with van der Waals surface area (Å²) in [5.41, 5.74) is 5.91. The van der Waals surface area contributed by atoms with Crippen LogP contribution >= 0.6 is 0 Å². The van der Waals surface area contributed by atoms with Gasteiger partial charge in [0.05, 0.1) is 19.1 Å². The van der Waals surface area contributed by atoms with Crippen molar-refractivity contribution in [2.75, 3.05) is 26.8 Å². The number of nitrogens with zero attached hydrogens (tertiary/aromatic N) is 1. The molecule has 1 aliphatic heterocycles. The molecule has 5 unspecified atom stereocenters. The minimum Gasteiger partial charge on any atom is -0.379 e. The van der Waals surface area contributed by atoms with Gasteiger partial charge in [0, 0.05) is 19.6 Å². The lowest BCUT2D eigenvalue weighted by Crippen LogP contribution is -2.44. The van der Waals surface area contributed by atoms with Gasteiger partial charge in [-0.05, 0) is 37.0 Å². The van der Waals surface area contributed by atoms with Crippen LogP contribution in [0.2, 0.25) is 0 Å². The molecule has 0 aromatic heterocycles. The van der Waals surface area contributed by atoms with E-state index in [-0.39, 0.29) is 17.9 Å². The van der Waals surface area contributed by atoms with E-state index in [1.165, 1.54) is 25.7 Å². The van der Waals surface area contributed by atoms with Crippen molar-refractivity contribution in [1.29, 1.82) is 0 Å². The molecule has 4 heteroatoms. The van der Waals surface area contributed by atoms with Crippen molar-refractivity contribution in [2.24, 2.45) is 29.4 Å². The van der Waals surface area contributed by atoms with Gasteiger partial charge in [-0.2, -0.15) is 0 Å². The molecule has 18 heavy (non-hydrogen) atoms. The number of carbonyl (C=O) groups excluding carboxylic acids is 1. The first-order valence-electron chi connectivity index (χ1n) is 7.23. The molecule has 0 aromatic rings. The molecule has 1 amide bonds. The van der Waals surface area contributed by atoms with Crippen LogP contribution in [0, 0.1) is 23.7 Å². The summed E-state index contributed by atoms with van der Waals surface area (Å²) >= 11 is 0. The molecule has 1 heterocycles. The van der Waals surface area contributed by atoms with Gasteiger partial charge in [-0.15, -0.1) is 0 Å². The summed E-state index contributed by atoms with van der Waals surface area (Å²) in [4.78, 5) is 14.2. The van der Waals surface area contributed by atoms with E-state index in [4.69, 9.17) is 10.5 Å². The molecule has 102 valence electrons. The fourth-order valence-electron chi connectivity index (χ4n) is 4.15. The van der Waals surface area contributed by atoms with Gasteiger partial charge in [0.15, 0.2) is 0 Å². The van der Waals surface area contributed by atoms with Gasteiger partial charge in [0.2, 0.25) is 5.91 Å². The van der Waals surface area contributed by atoms with E-state index in [1.807, 2.05) is 11.9 Å². The molecule has 0 spiro atoms. The van der Waals surface area contributed by atoms with Gasteiger partial charge in [-0.1, -0.05) is 6.42 Å². The fourth-order valence-corrected chi connectivity index (χ4v) is 4.15. The summed E-state index contributed by atoms with van der Waals surface area (Å²) in [7, 11) is 1.93. The van der Waals surface area contributed by atoms with Gasteiger partial charge in [0.1, 0.15) is 0 Å². The number of nitrogens with two attached hydrogens (primary N) is 1. The Labute approximate surface area is 109 Å². The topological polar surface area (TPSA) is 55.6 Å². The van der Waals surface area contributed by atoms with Crippen LogP contribution in [0.15, 0.2) is 0 Å². The van der Waals surface area contributed by atoms with Crippen LogP contribution in [-0.2, 0) is 9.53 Å². The van der Waals surface area contributed by atoms with Crippen molar-refractivity contribution in [2.45, 2.75) is 31.7 Å². The molecule has 3 fully saturated rings. The molecule has 0 radical (unpaired) electrons. The zero-order valence-electron chi connectivity index (χ0n) is 11.2. The lowest BCUT2D eigenvalue weighted by atomic mass is 9.88. The van der Waals surface area contributed by atoms with Crippen LogP contribution in [0.3, 0.4) is 0 Å². The Morgan fingerprint density at radius 2 is 2.17 bits per heavy atom. The lowest BCUT2D eigenvalue weighted by Gasteiger charge is -2.29. The zero-order valence-corrected chi connectivity index (χ0v) is 11.2. The number of hydrogen-bond donors (Lipinski definition) is 1. The fraction of sp³-hybridized carbons (Fsp3) is 0.929. The molecule has 2 aliphatic carbocycles. The van der Waals surface area contributed by atoms with Gasteiger partial charge in [-0.25, -0.2) is 0 Å². The maximum atomic E-state index is 12.3. The predicted molar refractivity (Wildman–Crippen MR) is 68.9 cm³/mol. The largest absolute Gasteiger partial charge is 0.379 e. The molecular formula is C14H24N2O2. The van der Waals surface area contributed by atoms with Crippen molar-refractivity contribution in [3.63, 3.8) is 0 Å². The van der Waals surface area contributed by atoms with Crippen molar-refractivity contribution in [3.8, 4) is 0 Å². The minimum absolute atomic E-state index is 0.111. The van der Waals surface area contributed by atoms with Crippen molar-refractivity contribution >= 4 is 5.91 Å². The molecule has 2 N–H and O–H groups in total. The Morgan fingerprint density at radius 3 is 2.72 bits per heavy atom. The van der Waals surface area contributed by atoms with Crippen LogP contribution < -0.4 is 5.73 Å². The van der Waals surface area contributed by atoms with E-state index in [0.717, 1.165) is 24.3 Å². The number of amides is 1. The third-order valence-electron chi connectivity index (χ3n) is 5.21. The lowest BCUT2D eigenvalue weighted by molar-refractivity contribution is -0.135. The molecule has 2 saturated carbocycles. The highest BCUT2D eigenvalue weighted by Crippen LogP contribution is 2.48. The molecule has 3 aliphatic rings. The van der Waals surface area contributed by atoms with Crippen molar-refractivity contribution < 1.29 is 9.53 Å². The summed E-state index contributed by atoms with van der Waals surface area (Å²) in [6.45, 7) is 1.95. The average molecular weight is 252 g/mol. The predicted octanol–water partition coefficient (Wildman–Crippen LogP) is 0.855. The third kappa shape index (κ3) is 2.16. The van der Waals surface area contributed by atoms with Crippen LogP contribution in [0.4, 0.5) is 0 Å². The van der Waals surface area contributed by atoms with Crippen LogP contribution in [0.25, 0.3) is 0 Å².